The Morgan fingerprint density at radius 2 is 2.17 bits per heavy atom. The quantitative estimate of drug-likeness (QED) is 0.257. The standard InChI is InChI=1S/C19H19N5O4S/c1-4-8-23-18(15-7-9-28-13(15)3)21-22-19(23)29-11-17(25)20-16-10-14(24(26)27)6-5-12(16)2/h4-7,9-10H,1,8,11H2,2-3H3,(H,20,25). The maximum Gasteiger partial charge on any atom is 0.271 e. The summed E-state index contributed by atoms with van der Waals surface area (Å²) in [5.74, 6) is 1.13. The van der Waals surface area contributed by atoms with E-state index in [1.54, 1.807) is 25.3 Å². The summed E-state index contributed by atoms with van der Waals surface area (Å²) in [5.41, 5.74) is 1.89. The molecule has 29 heavy (non-hydrogen) atoms. The molecule has 0 aliphatic carbocycles. The Morgan fingerprint density at radius 1 is 1.38 bits per heavy atom. The average Bonchev–Trinajstić information content (AvgIpc) is 3.27. The van der Waals surface area contributed by atoms with E-state index in [9.17, 15) is 14.9 Å². The highest BCUT2D eigenvalue weighted by atomic mass is 32.2. The van der Waals surface area contributed by atoms with Gasteiger partial charge in [0.05, 0.1) is 28.2 Å². The number of benzene rings is 1. The Kier molecular flexibility index (Phi) is 6.13. The van der Waals surface area contributed by atoms with Crippen molar-refractivity contribution in [1.82, 2.24) is 14.8 Å². The molecule has 0 radical (unpaired) electrons. The summed E-state index contributed by atoms with van der Waals surface area (Å²) in [5, 5.41) is 22.6. The number of carbonyl (C=O) groups is 1. The van der Waals surface area contributed by atoms with Crippen molar-refractivity contribution in [3.63, 3.8) is 0 Å². The van der Waals surface area contributed by atoms with Gasteiger partial charge in [-0.1, -0.05) is 23.9 Å². The predicted octanol–water partition coefficient (Wildman–Crippen LogP) is 3.98. The van der Waals surface area contributed by atoms with E-state index in [2.05, 4.69) is 22.1 Å². The summed E-state index contributed by atoms with van der Waals surface area (Å²) >= 11 is 1.22. The number of amides is 1. The normalized spacial score (nSPS) is 10.7. The summed E-state index contributed by atoms with van der Waals surface area (Å²) in [7, 11) is 0. The van der Waals surface area contributed by atoms with Gasteiger partial charge in [0.25, 0.3) is 5.69 Å². The minimum atomic E-state index is -0.499. The number of anilines is 1. The molecule has 0 fully saturated rings. The number of nitro benzene ring substituents is 1. The van der Waals surface area contributed by atoms with E-state index in [-0.39, 0.29) is 17.3 Å². The van der Waals surface area contributed by atoms with Crippen LogP contribution in [0.2, 0.25) is 0 Å². The topological polar surface area (TPSA) is 116 Å². The average molecular weight is 413 g/mol. The van der Waals surface area contributed by atoms with E-state index in [1.807, 2.05) is 17.6 Å². The highest BCUT2D eigenvalue weighted by Gasteiger charge is 2.18. The third-order valence-electron chi connectivity index (χ3n) is 4.17. The van der Waals surface area contributed by atoms with Gasteiger partial charge in [0.15, 0.2) is 11.0 Å². The van der Waals surface area contributed by atoms with Gasteiger partial charge < -0.3 is 9.73 Å². The largest absolute Gasteiger partial charge is 0.469 e. The predicted molar refractivity (Wildman–Crippen MR) is 110 cm³/mol. The van der Waals surface area contributed by atoms with E-state index in [0.717, 1.165) is 16.9 Å². The third kappa shape index (κ3) is 4.54. The number of aromatic nitrogens is 3. The number of hydrogen-bond acceptors (Lipinski definition) is 7. The van der Waals surface area contributed by atoms with Crippen molar-refractivity contribution in [2.24, 2.45) is 0 Å². The number of thioether (sulfide) groups is 1. The fourth-order valence-corrected chi connectivity index (χ4v) is 3.43. The number of aryl methyl sites for hydroxylation is 2. The van der Waals surface area contributed by atoms with Crippen LogP contribution in [0.3, 0.4) is 0 Å². The van der Waals surface area contributed by atoms with Crippen LogP contribution in [0.5, 0.6) is 0 Å². The molecule has 0 atom stereocenters. The van der Waals surface area contributed by atoms with Crippen molar-refractivity contribution in [1.29, 1.82) is 0 Å². The maximum absolute atomic E-state index is 12.4. The zero-order valence-corrected chi connectivity index (χ0v) is 16.7. The summed E-state index contributed by atoms with van der Waals surface area (Å²) in [4.78, 5) is 22.8. The first-order valence-corrected chi connectivity index (χ1v) is 9.65. The molecule has 0 aliphatic rings. The Morgan fingerprint density at radius 3 is 2.83 bits per heavy atom. The number of nitro groups is 1. The Balaban J connectivity index is 1.73. The van der Waals surface area contributed by atoms with Gasteiger partial charge in [0.1, 0.15) is 5.76 Å². The second kappa shape index (κ2) is 8.74. The highest BCUT2D eigenvalue weighted by molar-refractivity contribution is 7.99. The molecule has 3 aromatic rings. The number of furan rings is 1. The van der Waals surface area contributed by atoms with Crippen LogP contribution < -0.4 is 5.32 Å². The van der Waals surface area contributed by atoms with Crippen LogP contribution in [-0.4, -0.2) is 31.3 Å². The molecule has 0 spiro atoms. The van der Waals surface area contributed by atoms with Gasteiger partial charge in [0, 0.05) is 18.7 Å². The molecule has 1 amide bonds. The van der Waals surface area contributed by atoms with Gasteiger partial charge in [-0.3, -0.25) is 19.5 Å². The van der Waals surface area contributed by atoms with Crippen molar-refractivity contribution in [2.45, 2.75) is 25.5 Å². The molecule has 0 saturated heterocycles. The van der Waals surface area contributed by atoms with E-state index < -0.39 is 4.92 Å². The molecule has 0 bridgehead atoms. The van der Waals surface area contributed by atoms with E-state index in [4.69, 9.17) is 4.42 Å². The first-order valence-electron chi connectivity index (χ1n) is 8.67. The first kappa shape index (κ1) is 20.3. The van der Waals surface area contributed by atoms with Crippen LogP contribution >= 0.6 is 11.8 Å². The summed E-state index contributed by atoms with van der Waals surface area (Å²) in [6, 6.07) is 6.15. The van der Waals surface area contributed by atoms with Crippen molar-refractivity contribution in [3.8, 4) is 11.4 Å². The molecule has 9 nitrogen and oxygen atoms in total. The van der Waals surface area contributed by atoms with E-state index >= 15 is 0 Å². The number of allylic oxidation sites excluding steroid dienone is 1. The Labute approximate surface area is 171 Å². The minimum absolute atomic E-state index is 0.0712. The molecular weight excluding hydrogens is 394 g/mol. The molecule has 2 aromatic heterocycles. The Hall–Kier alpha value is -3.40. The molecule has 0 unspecified atom stereocenters. The summed E-state index contributed by atoms with van der Waals surface area (Å²) < 4.78 is 7.19. The van der Waals surface area contributed by atoms with Crippen molar-refractivity contribution in [2.75, 3.05) is 11.1 Å². The lowest BCUT2D eigenvalue weighted by molar-refractivity contribution is -0.384. The number of carbonyl (C=O) groups excluding carboxylic acids is 1. The van der Waals surface area contributed by atoms with Gasteiger partial charge in [-0.05, 0) is 25.5 Å². The first-order chi connectivity index (χ1) is 13.9. The van der Waals surface area contributed by atoms with Crippen LogP contribution in [0, 0.1) is 24.0 Å². The fourth-order valence-electron chi connectivity index (χ4n) is 2.68. The SMILES string of the molecule is C=CCn1c(SCC(=O)Nc2cc([N+](=O)[O-])ccc2C)nnc1-c1ccoc1C. The lowest BCUT2D eigenvalue weighted by Crippen LogP contribution is -2.15. The van der Waals surface area contributed by atoms with Gasteiger partial charge in [0.2, 0.25) is 5.91 Å². The lowest BCUT2D eigenvalue weighted by Gasteiger charge is -2.09. The van der Waals surface area contributed by atoms with Crippen LogP contribution in [0.25, 0.3) is 11.4 Å². The van der Waals surface area contributed by atoms with Crippen molar-refractivity contribution < 1.29 is 14.1 Å². The monoisotopic (exact) mass is 413 g/mol. The minimum Gasteiger partial charge on any atom is -0.469 e. The second-order valence-corrected chi connectivity index (χ2v) is 7.13. The zero-order valence-electron chi connectivity index (χ0n) is 15.9. The molecular formula is C19H19N5O4S. The van der Waals surface area contributed by atoms with Gasteiger partial charge in [-0.25, -0.2) is 0 Å². The number of non-ortho nitro benzene ring substituents is 1. The van der Waals surface area contributed by atoms with Crippen molar-refractivity contribution >= 4 is 29.0 Å². The number of nitrogens with one attached hydrogen (secondary N) is 1. The molecule has 0 saturated carbocycles. The molecule has 0 aliphatic heterocycles. The van der Waals surface area contributed by atoms with E-state index in [0.29, 0.717) is 23.2 Å². The van der Waals surface area contributed by atoms with Crippen LogP contribution in [0.15, 0.2) is 52.8 Å². The number of nitrogens with zero attached hydrogens (tertiary/aromatic N) is 4. The third-order valence-corrected chi connectivity index (χ3v) is 5.13. The molecule has 10 heteroatoms. The molecule has 150 valence electrons. The summed E-state index contributed by atoms with van der Waals surface area (Å²) in [6.45, 7) is 7.84. The zero-order chi connectivity index (χ0) is 21.0. The van der Waals surface area contributed by atoms with Gasteiger partial charge in [-0.2, -0.15) is 0 Å². The smallest absolute Gasteiger partial charge is 0.271 e. The number of rotatable bonds is 8. The molecule has 1 N–H and O–H groups in total. The highest BCUT2D eigenvalue weighted by Crippen LogP contribution is 2.27. The molecule has 2 heterocycles. The molecule has 1 aromatic carbocycles. The van der Waals surface area contributed by atoms with Gasteiger partial charge in [-0.15, -0.1) is 16.8 Å². The Bertz CT molecular complexity index is 1070. The molecule has 3 rings (SSSR count). The van der Waals surface area contributed by atoms with Crippen LogP contribution in [-0.2, 0) is 11.3 Å². The lowest BCUT2D eigenvalue weighted by atomic mass is 10.2. The summed E-state index contributed by atoms with van der Waals surface area (Å²) in [6.07, 6.45) is 3.30. The number of hydrogen-bond donors (Lipinski definition) is 1. The van der Waals surface area contributed by atoms with Crippen molar-refractivity contribution in [3.05, 3.63) is 64.6 Å². The van der Waals surface area contributed by atoms with Gasteiger partial charge >= 0.3 is 0 Å². The van der Waals surface area contributed by atoms with Crippen LogP contribution in [0.4, 0.5) is 11.4 Å². The van der Waals surface area contributed by atoms with Crippen LogP contribution in [0.1, 0.15) is 11.3 Å². The second-order valence-electron chi connectivity index (χ2n) is 6.19. The van der Waals surface area contributed by atoms with E-state index in [1.165, 1.54) is 23.9 Å². The maximum atomic E-state index is 12.4. The fraction of sp³-hybridized carbons (Fsp3) is 0.211.